The van der Waals surface area contributed by atoms with Gasteiger partial charge in [-0.2, -0.15) is 0 Å². The molecule has 0 spiro atoms. The Bertz CT molecular complexity index is 479. The zero-order chi connectivity index (χ0) is 10.3. The van der Waals surface area contributed by atoms with Gasteiger partial charge in [0.25, 0.3) is 0 Å². The van der Waals surface area contributed by atoms with Crippen molar-refractivity contribution in [3.8, 4) is 0 Å². The molecule has 2 heterocycles. The van der Waals surface area contributed by atoms with Crippen LogP contribution in [0.2, 0.25) is 0 Å². The van der Waals surface area contributed by atoms with Crippen LogP contribution >= 0.6 is 0 Å². The van der Waals surface area contributed by atoms with Crippen LogP contribution in [0.1, 0.15) is 11.4 Å². The summed E-state index contributed by atoms with van der Waals surface area (Å²) in [4.78, 5) is 4.29. The summed E-state index contributed by atoms with van der Waals surface area (Å²) in [6.45, 7) is 3.80. The Morgan fingerprint density at radius 1 is 1.29 bits per heavy atom. The molecule has 4 nitrogen and oxygen atoms in total. The van der Waals surface area contributed by atoms with Crippen molar-refractivity contribution in [2.45, 2.75) is 13.8 Å². The molecule has 0 aliphatic carbocycles. The van der Waals surface area contributed by atoms with E-state index in [9.17, 15) is 0 Å². The van der Waals surface area contributed by atoms with E-state index >= 15 is 0 Å². The normalized spacial score (nSPS) is 10.9. The molecule has 2 aromatic rings. The van der Waals surface area contributed by atoms with Crippen LogP contribution in [0, 0.1) is 13.8 Å². The van der Waals surface area contributed by atoms with Gasteiger partial charge in [0.2, 0.25) is 0 Å². The van der Waals surface area contributed by atoms with Gasteiger partial charge in [-0.1, -0.05) is 0 Å². The number of rotatable bonds is 1. The first-order valence-corrected chi connectivity index (χ1v) is 4.40. The fraction of sp³-hybridized carbons (Fsp3) is 0.222. The lowest BCUT2D eigenvalue weighted by Gasteiger charge is -1.99. The SMILES string of the molecule is Cc1cn2cc(B(O)O)cc2c(C)n1. The van der Waals surface area contributed by atoms with E-state index in [1.165, 1.54) is 0 Å². The second-order valence-corrected chi connectivity index (χ2v) is 3.41. The van der Waals surface area contributed by atoms with E-state index in [4.69, 9.17) is 10.0 Å². The van der Waals surface area contributed by atoms with Crippen molar-refractivity contribution in [3.05, 3.63) is 29.8 Å². The van der Waals surface area contributed by atoms with Gasteiger partial charge in [0.05, 0.1) is 16.9 Å². The fourth-order valence-corrected chi connectivity index (χ4v) is 1.59. The van der Waals surface area contributed by atoms with Gasteiger partial charge in [0.1, 0.15) is 0 Å². The van der Waals surface area contributed by atoms with Crippen molar-refractivity contribution in [2.75, 3.05) is 0 Å². The van der Waals surface area contributed by atoms with Gasteiger partial charge in [0.15, 0.2) is 0 Å². The molecule has 2 rings (SSSR count). The lowest BCUT2D eigenvalue weighted by Crippen LogP contribution is -2.28. The van der Waals surface area contributed by atoms with Gasteiger partial charge in [-0.3, -0.25) is 4.98 Å². The molecule has 0 fully saturated rings. The number of hydrogen-bond donors (Lipinski definition) is 2. The highest BCUT2D eigenvalue weighted by atomic mass is 16.4. The average molecular weight is 190 g/mol. The van der Waals surface area contributed by atoms with Crippen LogP contribution in [-0.4, -0.2) is 26.6 Å². The van der Waals surface area contributed by atoms with E-state index in [1.54, 1.807) is 12.3 Å². The molecule has 0 aromatic carbocycles. The Morgan fingerprint density at radius 3 is 2.64 bits per heavy atom. The first-order valence-electron chi connectivity index (χ1n) is 4.40. The molecule has 72 valence electrons. The Balaban J connectivity index is 2.70. The molecule has 0 aliphatic rings. The van der Waals surface area contributed by atoms with E-state index in [0.717, 1.165) is 16.9 Å². The molecule has 2 aromatic heterocycles. The molecule has 5 heteroatoms. The summed E-state index contributed by atoms with van der Waals surface area (Å²) in [5.41, 5.74) is 3.18. The number of fused-ring (bicyclic) bond motifs is 1. The van der Waals surface area contributed by atoms with E-state index < -0.39 is 7.12 Å². The summed E-state index contributed by atoms with van der Waals surface area (Å²) < 4.78 is 1.85. The number of nitrogens with zero attached hydrogens (tertiary/aromatic N) is 2. The van der Waals surface area contributed by atoms with Crippen LogP contribution in [0.15, 0.2) is 18.5 Å². The Kier molecular flexibility index (Phi) is 2.05. The van der Waals surface area contributed by atoms with E-state index in [0.29, 0.717) is 5.46 Å². The van der Waals surface area contributed by atoms with Crippen LogP contribution in [0.4, 0.5) is 0 Å². The van der Waals surface area contributed by atoms with Gasteiger partial charge in [-0.25, -0.2) is 0 Å². The lowest BCUT2D eigenvalue weighted by molar-refractivity contribution is 0.426. The number of aryl methyl sites for hydroxylation is 2. The van der Waals surface area contributed by atoms with Crippen molar-refractivity contribution in [1.82, 2.24) is 9.38 Å². The second-order valence-electron chi connectivity index (χ2n) is 3.41. The zero-order valence-electron chi connectivity index (χ0n) is 8.10. The summed E-state index contributed by atoms with van der Waals surface area (Å²) in [5, 5.41) is 18.0. The molecular formula is C9H11BN2O2. The Labute approximate surface area is 82.0 Å². The molecule has 0 saturated heterocycles. The highest BCUT2D eigenvalue weighted by Gasteiger charge is 2.14. The van der Waals surface area contributed by atoms with Crippen LogP contribution in [0.3, 0.4) is 0 Å². The maximum absolute atomic E-state index is 9.01. The predicted octanol–water partition coefficient (Wildman–Crippen LogP) is -0.369. The minimum Gasteiger partial charge on any atom is -0.423 e. The van der Waals surface area contributed by atoms with E-state index in [2.05, 4.69) is 4.98 Å². The highest BCUT2D eigenvalue weighted by molar-refractivity contribution is 6.58. The van der Waals surface area contributed by atoms with Gasteiger partial charge in [0, 0.05) is 17.9 Å². The van der Waals surface area contributed by atoms with Gasteiger partial charge < -0.3 is 14.4 Å². The van der Waals surface area contributed by atoms with Gasteiger partial charge in [-0.15, -0.1) is 0 Å². The largest absolute Gasteiger partial charge is 0.490 e. The lowest BCUT2D eigenvalue weighted by atomic mass is 9.83. The zero-order valence-corrected chi connectivity index (χ0v) is 8.10. The van der Waals surface area contributed by atoms with Crippen LogP contribution in [0.5, 0.6) is 0 Å². The molecule has 0 unspecified atom stereocenters. The van der Waals surface area contributed by atoms with E-state index in [1.807, 2.05) is 24.4 Å². The second kappa shape index (κ2) is 3.11. The Morgan fingerprint density at radius 2 is 2.00 bits per heavy atom. The molecule has 0 bridgehead atoms. The van der Waals surface area contributed by atoms with Crippen LogP contribution < -0.4 is 5.46 Å². The third kappa shape index (κ3) is 1.40. The van der Waals surface area contributed by atoms with Crippen LogP contribution in [-0.2, 0) is 0 Å². The number of hydrogen-bond acceptors (Lipinski definition) is 3. The molecule has 14 heavy (non-hydrogen) atoms. The summed E-state index contributed by atoms with van der Waals surface area (Å²) in [6.07, 6.45) is 3.55. The average Bonchev–Trinajstić information content (AvgIpc) is 2.47. The maximum Gasteiger partial charge on any atom is 0.490 e. The summed E-state index contributed by atoms with van der Waals surface area (Å²) in [5.74, 6) is 0. The smallest absolute Gasteiger partial charge is 0.423 e. The fourth-order valence-electron chi connectivity index (χ4n) is 1.59. The highest BCUT2D eigenvalue weighted by Crippen LogP contribution is 2.08. The summed E-state index contributed by atoms with van der Waals surface area (Å²) in [7, 11) is -1.42. The summed E-state index contributed by atoms with van der Waals surface area (Å²) >= 11 is 0. The Hall–Kier alpha value is -1.33. The van der Waals surface area contributed by atoms with Crippen molar-refractivity contribution in [2.24, 2.45) is 0 Å². The van der Waals surface area contributed by atoms with Crippen molar-refractivity contribution < 1.29 is 10.0 Å². The molecule has 0 saturated carbocycles. The minimum atomic E-state index is -1.42. The third-order valence-electron chi connectivity index (χ3n) is 2.21. The van der Waals surface area contributed by atoms with Crippen molar-refractivity contribution in [1.29, 1.82) is 0 Å². The molecule has 0 amide bonds. The van der Waals surface area contributed by atoms with Gasteiger partial charge >= 0.3 is 7.12 Å². The molecule has 2 N–H and O–H groups in total. The minimum absolute atomic E-state index is 0.487. The molecular weight excluding hydrogens is 179 g/mol. The van der Waals surface area contributed by atoms with Crippen molar-refractivity contribution in [3.63, 3.8) is 0 Å². The first-order chi connectivity index (χ1) is 6.58. The van der Waals surface area contributed by atoms with Crippen LogP contribution in [0.25, 0.3) is 5.52 Å². The molecule has 0 aliphatic heterocycles. The predicted molar refractivity (Wildman–Crippen MR) is 54.5 cm³/mol. The maximum atomic E-state index is 9.01. The third-order valence-corrected chi connectivity index (χ3v) is 2.21. The number of aromatic nitrogens is 2. The quantitative estimate of drug-likeness (QED) is 0.603. The topological polar surface area (TPSA) is 57.8 Å². The van der Waals surface area contributed by atoms with Crippen molar-refractivity contribution >= 4 is 18.1 Å². The summed E-state index contributed by atoms with van der Waals surface area (Å²) in [6, 6.07) is 1.73. The monoisotopic (exact) mass is 190 g/mol. The molecule has 0 atom stereocenters. The van der Waals surface area contributed by atoms with E-state index in [-0.39, 0.29) is 0 Å². The standard InChI is InChI=1S/C9H11BN2O2/c1-6-4-12-5-8(10(13)14)3-9(12)7(2)11-6/h3-5,13-14H,1-2H3. The first kappa shape index (κ1) is 9.24. The van der Waals surface area contributed by atoms with Gasteiger partial charge in [-0.05, 0) is 19.9 Å². The molecule has 0 radical (unpaired) electrons.